The van der Waals surface area contributed by atoms with E-state index in [2.05, 4.69) is 25.6 Å². The van der Waals surface area contributed by atoms with E-state index in [0.717, 1.165) is 39.4 Å². The summed E-state index contributed by atoms with van der Waals surface area (Å²) in [6.07, 6.45) is 1.44. The van der Waals surface area contributed by atoms with E-state index < -0.39 is 0 Å². The minimum absolute atomic E-state index is 0.464. The maximum atomic E-state index is 5.37. The van der Waals surface area contributed by atoms with Crippen molar-refractivity contribution in [1.29, 1.82) is 0 Å². The summed E-state index contributed by atoms with van der Waals surface area (Å²) >= 11 is 0. The van der Waals surface area contributed by atoms with Gasteiger partial charge in [0, 0.05) is 26.2 Å². The number of nitrogens with zero attached hydrogens (tertiary/aromatic N) is 3. The summed E-state index contributed by atoms with van der Waals surface area (Å²) in [6, 6.07) is 0. The highest BCUT2D eigenvalue weighted by Gasteiger charge is 2.12. The Bertz CT molecular complexity index is 397. The van der Waals surface area contributed by atoms with Gasteiger partial charge in [-0.25, -0.2) is 15.8 Å². The second kappa shape index (κ2) is 7.07. The number of aromatic nitrogens is 2. The number of hydrogen-bond acceptors (Lipinski definition) is 8. The van der Waals surface area contributed by atoms with Crippen LogP contribution >= 0.6 is 0 Å². The van der Waals surface area contributed by atoms with Crippen LogP contribution in [0, 0.1) is 0 Å². The molecule has 4 N–H and O–H groups in total. The molecule has 2 rings (SSSR count). The molecule has 8 nitrogen and oxygen atoms in total. The van der Waals surface area contributed by atoms with Crippen LogP contribution in [0.1, 0.15) is 0 Å². The van der Waals surface area contributed by atoms with E-state index in [-0.39, 0.29) is 0 Å². The van der Waals surface area contributed by atoms with Gasteiger partial charge in [-0.15, -0.1) is 0 Å². The van der Waals surface area contributed by atoms with E-state index >= 15 is 0 Å². The number of anilines is 2. The van der Waals surface area contributed by atoms with E-state index in [9.17, 15) is 0 Å². The summed E-state index contributed by atoms with van der Waals surface area (Å²) in [6.45, 7) is 5.26. The molecular formula is C11H20N6O2. The molecule has 0 atom stereocenters. The molecule has 1 aromatic rings. The second-order valence-corrected chi connectivity index (χ2v) is 4.13. The van der Waals surface area contributed by atoms with Gasteiger partial charge in [0.25, 0.3) is 0 Å². The number of ether oxygens (including phenoxy) is 2. The lowest BCUT2D eigenvalue weighted by atomic mass is 10.4. The Morgan fingerprint density at radius 1 is 1.37 bits per heavy atom. The van der Waals surface area contributed by atoms with Crippen LogP contribution in [0.3, 0.4) is 0 Å². The summed E-state index contributed by atoms with van der Waals surface area (Å²) in [5, 5.41) is 3.23. The third-order valence-corrected chi connectivity index (χ3v) is 2.97. The third kappa shape index (κ3) is 3.66. The van der Waals surface area contributed by atoms with Crippen LogP contribution in [-0.2, 0) is 4.74 Å². The van der Waals surface area contributed by atoms with E-state index in [0.29, 0.717) is 17.4 Å². The Labute approximate surface area is 112 Å². The van der Waals surface area contributed by atoms with Gasteiger partial charge in [-0.1, -0.05) is 0 Å². The van der Waals surface area contributed by atoms with Crippen molar-refractivity contribution in [3.63, 3.8) is 0 Å². The molecule has 0 aromatic carbocycles. The number of hydrogen-bond donors (Lipinski definition) is 3. The molecule has 2 heterocycles. The maximum Gasteiger partial charge on any atom is 0.205 e. The molecule has 0 unspecified atom stereocenters. The van der Waals surface area contributed by atoms with E-state index in [1.807, 2.05) is 0 Å². The predicted octanol–water partition coefficient (Wildman–Crippen LogP) is -0.485. The Balaban J connectivity index is 1.88. The van der Waals surface area contributed by atoms with Gasteiger partial charge in [0.2, 0.25) is 5.75 Å². The Morgan fingerprint density at radius 3 is 2.79 bits per heavy atom. The molecule has 0 saturated carbocycles. The predicted molar refractivity (Wildman–Crippen MR) is 72.1 cm³/mol. The molecular weight excluding hydrogens is 248 g/mol. The fourth-order valence-electron chi connectivity index (χ4n) is 1.95. The first-order valence-electron chi connectivity index (χ1n) is 6.24. The van der Waals surface area contributed by atoms with Crippen LogP contribution in [0.4, 0.5) is 11.6 Å². The van der Waals surface area contributed by atoms with Gasteiger partial charge in [-0.2, -0.15) is 0 Å². The van der Waals surface area contributed by atoms with E-state index in [1.54, 1.807) is 7.11 Å². The number of nitrogens with one attached hydrogen (secondary N) is 2. The summed E-state index contributed by atoms with van der Waals surface area (Å²) in [5.74, 6) is 6.99. The van der Waals surface area contributed by atoms with Gasteiger partial charge < -0.3 is 20.2 Å². The average Bonchev–Trinajstić information content (AvgIpc) is 2.48. The first-order valence-corrected chi connectivity index (χ1v) is 6.24. The molecule has 0 amide bonds. The van der Waals surface area contributed by atoms with Crippen LogP contribution in [0.15, 0.2) is 6.33 Å². The normalized spacial score (nSPS) is 16.1. The number of nitrogens with two attached hydrogens (primary N) is 1. The number of nitrogen functional groups attached to an aromatic ring is 1. The lowest BCUT2D eigenvalue weighted by molar-refractivity contribution is 0.0398. The first-order chi connectivity index (χ1) is 9.35. The maximum absolute atomic E-state index is 5.37. The number of hydrazine groups is 1. The lowest BCUT2D eigenvalue weighted by Crippen LogP contribution is -2.39. The van der Waals surface area contributed by atoms with Crippen molar-refractivity contribution in [2.75, 3.05) is 57.2 Å². The molecule has 1 fully saturated rings. The van der Waals surface area contributed by atoms with Crippen molar-refractivity contribution in [2.45, 2.75) is 0 Å². The number of rotatable bonds is 6. The molecule has 106 valence electrons. The molecule has 1 aromatic heterocycles. The molecule has 0 aliphatic carbocycles. The summed E-state index contributed by atoms with van der Waals surface area (Å²) in [4.78, 5) is 10.5. The zero-order chi connectivity index (χ0) is 13.5. The standard InChI is InChI=1S/C11H20N6O2/c1-18-9-10(14-8-15-11(9)16-12)13-2-3-17-4-6-19-7-5-17/h8H,2-7,12H2,1H3,(H2,13,14,15,16). The zero-order valence-corrected chi connectivity index (χ0v) is 11.1. The van der Waals surface area contributed by atoms with Gasteiger partial charge in [-0.05, 0) is 0 Å². The van der Waals surface area contributed by atoms with Gasteiger partial charge >= 0.3 is 0 Å². The minimum Gasteiger partial charge on any atom is -0.490 e. The van der Waals surface area contributed by atoms with Crippen molar-refractivity contribution in [2.24, 2.45) is 5.84 Å². The third-order valence-electron chi connectivity index (χ3n) is 2.97. The number of morpholine rings is 1. The second-order valence-electron chi connectivity index (χ2n) is 4.13. The fourth-order valence-corrected chi connectivity index (χ4v) is 1.95. The molecule has 0 radical (unpaired) electrons. The first kappa shape index (κ1) is 13.8. The molecule has 0 bridgehead atoms. The van der Waals surface area contributed by atoms with Crippen LogP contribution in [0.5, 0.6) is 5.75 Å². The van der Waals surface area contributed by atoms with E-state index in [1.165, 1.54) is 6.33 Å². The topological polar surface area (TPSA) is 97.6 Å². The van der Waals surface area contributed by atoms with Crippen molar-refractivity contribution in [1.82, 2.24) is 14.9 Å². The van der Waals surface area contributed by atoms with Crippen molar-refractivity contribution in [3.8, 4) is 5.75 Å². The summed E-state index contributed by atoms with van der Waals surface area (Å²) in [7, 11) is 1.56. The van der Waals surface area contributed by atoms with Crippen LogP contribution < -0.4 is 21.3 Å². The SMILES string of the molecule is COc1c(NN)ncnc1NCCN1CCOCC1. The largest absolute Gasteiger partial charge is 0.490 e. The molecule has 1 aliphatic heterocycles. The van der Waals surface area contributed by atoms with Crippen LogP contribution in [-0.4, -0.2) is 61.4 Å². The number of methoxy groups -OCH3 is 1. The Morgan fingerprint density at radius 2 is 2.11 bits per heavy atom. The lowest BCUT2D eigenvalue weighted by Gasteiger charge is -2.26. The van der Waals surface area contributed by atoms with E-state index in [4.69, 9.17) is 15.3 Å². The van der Waals surface area contributed by atoms with Crippen molar-refractivity contribution in [3.05, 3.63) is 6.33 Å². The van der Waals surface area contributed by atoms with Gasteiger partial charge in [0.15, 0.2) is 11.6 Å². The average molecular weight is 268 g/mol. The van der Waals surface area contributed by atoms with Gasteiger partial charge in [-0.3, -0.25) is 4.90 Å². The summed E-state index contributed by atoms with van der Waals surface area (Å²) < 4.78 is 10.6. The molecule has 8 heteroatoms. The molecule has 19 heavy (non-hydrogen) atoms. The van der Waals surface area contributed by atoms with Gasteiger partial charge in [0.05, 0.1) is 20.3 Å². The fraction of sp³-hybridized carbons (Fsp3) is 0.636. The highest BCUT2D eigenvalue weighted by atomic mass is 16.5. The Hall–Kier alpha value is -1.64. The Kier molecular flexibility index (Phi) is 5.13. The van der Waals surface area contributed by atoms with Crippen molar-refractivity contribution < 1.29 is 9.47 Å². The smallest absolute Gasteiger partial charge is 0.205 e. The zero-order valence-electron chi connectivity index (χ0n) is 11.1. The minimum atomic E-state index is 0.464. The van der Waals surface area contributed by atoms with Crippen LogP contribution in [0.2, 0.25) is 0 Å². The van der Waals surface area contributed by atoms with Crippen LogP contribution in [0.25, 0.3) is 0 Å². The summed E-state index contributed by atoms with van der Waals surface area (Å²) in [5.41, 5.74) is 2.48. The monoisotopic (exact) mass is 268 g/mol. The molecule has 0 spiro atoms. The highest BCUT2D eigenvalue weighted by molar-refractivity contribution is 5.62. The highest BCUT2D eigenvalue weighted by Crippen LogP contribution is 2.27. The van der Waals surface area contributed by atoms with Crippen molar-refractivity contribution >= 4 is 11.6 Å². The molecule has 1 aliphatic rings. The quantitative estimate of drug-likeness (QED) is 0.470. The molecule has 1 saturated heterocycles. The van der Waals surface area contributed by atoms with Gasteiger partial charge in [0.1, 0.15) is 6.33 Å².